The molecule has 30 heavy (non-hydrogen) atoms. The lowest BCUT2D eigenvalue weighted by Crippen LogP contribution is -2.28. The monoisotopic (exact) mass is 430 g/mol. The Labute approximate surface area is 174 Å². The summed E-state index contributed by atoms with van der Waals surface area (Å²) in [5.74, 6) is -1.68. The van der Waals surface area contributed by atoms with Gasteiger partial charge in [-0.1, -0.05) is 24.3 Å². The van der Waals surface area contributed by atoms with E-state index in [1.807, 2.05) is 0 Å². The van der Waals surface area contributed by atoms with Crippen LogP contribution in [-0.4, -0.2) is 45.1 Å². The van der Waals surface area contributed by atoms with E-state index in [1.54, 1.807) is 24.3 Å². The molecular formula is C21H22N2O6S. The molecule has 0 radical (unpaired) electrons. The van der Waals surface area contributed by atoms with Crippen molar-refractivity contribution in [2.45, 2.75) is 24.6 Å². The summed E-state index contributed by atoms with van der Waals surface area (Å²) in [5, 5.41) is 5.44. The molecule has 1 saturated carbocycles. The molecule has 158 valence electrons. The lowest BCUT2D eigenvalue weighted by atomic mass is 10.1. The average molecular weight is 430 g/mol. The van der Waals surface area contributed by atoms with Crippen LogP contribution in [0.2, 0.25) is 0 Å². The summed E-state index contributed by atoms with van der Waals surface area (Å²) in [4.78, 5) is 36.6. The summed E-state index contributed by atoms with van der Waals surface area (Å²) in [6, 6.07) is 12.7. The van der Waals surface area contributed by atoms with E-state index in [1.165, 1.54) is 24.3 Å². The lowest BCUT2D eigenvalue weighted by molar-refractivity contribution is -0.119. The van der Waals surface area contributed by atoms with Gasteiger partial charge in [-0.3, -0.25) is 9.59 Å². The maximum atomic E-state index is 12.3. The summed E-state index contributed by atoms with van der Waals surface area (Å²) < 4.78 is 27.6. The molecule has 0 unspecified atom stereocenters. The average Bonchev–Trinajstić information content (AvgIpc) is 3.50. The standard InChI is InChI=1S/C21H22N2O6S/c1-30(27,28)13-14-6-8-15(9-7-14)21(26)29-12-19(24)23-18-5-3-2-4-17(18)20(25)22-16-10-11-16/h2-9,16H,10-13H2,1H3,(H,22,25)(H,23,24). The molecule has 0 spiro atoms. The first-order valence-electron chi connectivity index (χ1n) is 9.35. The molecule has 1 fully saturated rings. The molecule has 9 heteroatoms. The quantitative estimate of drug-likeness (QED) is 0.618. The molecule has 2 amide bonds. The third kappa shape index (κ3) is 6.41. The van der Waals surface area contributed by atoms with Crippen LogP contribution in [0.3, 0.4) is 0 Å². The highest BCUT2D eigenvalue weighted by molar-refractivity contribution is 7.89. The van der Waals surface area contributed by atoms with Crippen molar-refractivity contribution in [3.8, 4) is 0 Å². The molecule has 0 heterocycles. The van der Waals surface area contributed by atoms with Crippen LogP contribution >= 0.6 is 0 Å². The summed E-state index contributed by atoms with van der Waals surface area (Å²) in [7, 11) is -3.17. The molecule has 1 aliphatic carbocycles. The predicted molar refractivity (Wildman–Crippen MR) is 111 cm³/mol. The van der Waals surface area contributed by atoms with Crippen LogP contribution in [0.15, 0.2) is 48.5 Å². The molecule has 8 nitrogen and oxygen atoms in total. The fourth-order valence-electron chi connectivity index (χ4n) is 2.72. The Hall–Kier alpha value is -3.20. The fraction of sp³-hybridized carbons (Fsp3) is 0.286. The van der Waals surface area contributed by atoms with Crippen LogP contribution in [-0.2, 0) is 25.1 Å². The van der Waals surface area contributed by atoms with Crippen LogP contribution in [0.1, 0.15) is 39.1 Å². The minimum atomic E-state index is -3.17. The number of para-hydroxylation sites is 1. The van der Waals surface area contributed by atoms with Gasteiger partial charge in [-0.25, -0.2) is 13.2 Å². The van der Waals surface area contributed by atoms with E-state index in [0.717, 1.165) is 19.1 Å². The van der Waals surface area contributed by atoms with Gasteiger partial charge in [0.15, 0.2) is 16.4 Å². The van der Waals surface area contributed by atoms with Crippen molar-refractivity contribution in [2.75, 3.05) is 18.2 Å². The number of amides is 2. The van der Waals surface area contributed by atoms with Crippen LogP contribution in [0.5, 0.6) is 0 Å². The van der Waals surface area contributed by atoms with Crippen molar-refractivity contribution in [1.29, 1.82) is 0 Å². The third-order valence-corrected chi connectivity index (χ3v) is 5.17. The molecule has 1 aliphatic rings. The number of hydrogen-bond acceptors (Lipinski definition) is 6. The van der Waals surface area contributed by atoms with Crippen molar-refractivity contribution in [1.82, 2.24) is 5.32 Å². The number of benzene rings is 2. The number of esters is 1. The van der Waals surface area contributed by atoms with E-state index in [4.69, 9.17) is 4.74 Å². The van der Waals surface area contributed by atoms with Gasteiger partial charge in [-0.2, -0.15) is 0 Å². The van der Waals surface area contributed by atoms with Crippen molar-refractivity contribution in [3.63, 3.8) is 0 Å². The SMILES string of the molecule is CS(=O)(=O)Cc1ccc(C(=O)OCC(=O)Nc2ccccc2C(=O)NC2CC2)cc1. The van der Waals surface area contributed by atoms with Gasteiger partial charge in [-0.05, 0) is 42.7 Å². The number of anilines is 1. The second-order valence-corrected chi connectivity index (χ2v) is 9.32. The lowest BCUT2D eigenvalue weighted by Gasteiger charge is -2.11. The Morgan fingerprint density at radius 3 is 2.33 bits per heavy atom. The molecule has 2 aromatic carbocycles. The first-order chi connectivity index (χ1) is 14.2. The second-order valence-electron chi connectivity index (χ2n) is 7.18. The van der Waals surface area contributed by atoms with Crippen molar-refractivity contribution in [2.24, 2.45) is 0 Å². The fourth-order valence-corrected chi connectivity index (χ4v) is 3.52. The van der Waals surface area contributed by atoms with Crippen LogP contribution in [0.25, 0.3) is 0 Å². The number of sulfone groups is 1. The number of carbonyl (C=O) groups is 3. The van der Waals surface area contributed by atoms with Gasteiger partial charge in [-0.15, -0.1) is 0 Å². The zero-order valence-corrected chi connectivity index (χ0v) is 17.2. The maximum absolute atomic E-state index is 12.3. The van der Waals surface area contributed by atoms with Gasteiger partial charge >= 0.3 is 5.97 Å². The Morgan fingerprint density at radius 2 is 1.70 bits per heavy atom. The van der Waals surface area contributed by atoms with E-state index in [9.17, 15) is 22.8 Å². The number of rotatable bonds is 8. The number of hydrogen-bond donors (Lipinski definition) is 2. The molecular weight excluding hydrogens is 408 g/mol. The molecule has 2 aromatic rings. The van der Waals surface area contributed by atoms with Crippen LogP contribution in [0, 0.1) is 0 Å². The summed E-state index contributed by atoms with van der Waals surface area (Å²) in [6.07, 6.45) is 3.03. The number of ether oxygens (including phenoxy) is 1. The molecule has 0 atom stereocenters. The number of nitrogens with one attached hydrogen (secondary N) is 2. The Kier molecular flexibility index (Phi) is 6.51. The van der Waals surface area contributed by atoms with Crippen LogP contribution in [0.4, 0.5) is 5.69 Å². The first-order valence-corrected chi connectivity index (χ1v) is 11.4. The first kappa shape index (κ1) is 21.5. The highest BCUT2D eigenvalue weighted by atomic mass is 32.2. The van der Waals surface area contributed by atoms with Gasteiger partial charge in [0.05, 0.1) is 22.6 Å². The van der Waals surface area contributed by atoms with Gasteiger partial charge < -0.3 is 15.4 Å². The van der Waals surface area contributed by atoms with E-state index < -0.39 is 28.3 Å². The summed E-state index contributed by atoms with van der Waals surface area (Å²) in [5.41, 5.74) is 1.42. The molecule has 0 bridgehead atoms. The van der Waals surface area contributed by atoms with Crippen molar-refractivity contribution < 1.29 is 27.5 Å². The topological polar surface area (TPSA) is 119 Å². The normalized spacial score (nSPS) is 13.4. The Morgan fingerprint density at radius 1 is 1.03 bits per heavy atom. The molecule has 0 saturated heterocycles. The van der Waals surface area contributed by atoms with Gasteiger partial charge in [0.1, 0.15) is 0 Å². The van der Waals surface area contributed by atoms with E-state index >= 15 is 0 Å². The Bertz CT molecular complexity index is 1060. The van der Waals surface area contributed by atoms with Gasteiger partial charge in [0.2, 0.25) is 0 Å². The van der Waals surface area contributed by atoms with Crippen molar-refractivity contribution in [3.05, 3.63) is 65.2 Å². The third-order valence-electron chi connectivity index (χ3n) is 4.31. The van der Waals surface area contributed by atoms with Gasteiger partial charge in [0.25, 0.3) is 11.8 Å². The van der Waals surface area contributed by atoms with Gasteiger partial charge in [0, 0.05) is 12.3 Å². The highest BCUT2D eigenvalue weighted by Gasteiger charge is 2.25. The number of carbonyl (C=O) groups excluding carboxylic acids is 3. The smallest absolute Gasteiger partial charge is 0.338 e. The minimum absolute atomic E-state index is 0.127. The Balaban J connectivity index is 1.54. The van der Waals surface area contributed by atoms with E-state index in [0.29, 0.717) is 16.8 Å². The molecule has 0 aliphatic heterocycles. The minimum Gasteiger partial charge on any atom is -0.452 e. The summed E-state index contributed by atoms with van der Waals surface area (Å²) in [6.45, 7) is -0.525. The predicted octanol–water partition coefficient (Wildman–Crippen LogP) is 1.92. The van der Waals surface area contributed by atoms with Crippen LogP contribution < -0.4 is 10.6 Å². The van der Waals surface area contributed by atoms with Crippen molar-refractivity contribution >= 4 is 33.3 Å². The maximum Gasteiger partial charge on any atom is 0.338 e. The molecule has 2 N–H and O–H groups in total. The zero-order valence-electron chi connectivity index (χ0n) is 16.4. The zero-order chi connectivity index (χ0) is 21.7. The summed E-state index contributed by atoms with van der Waals surface area (Å²) >= 11 is 0. The molecule has 3 rings (SSSR count). The van der Waals surface area contributed by atoms with E-state index in [-0.39, 0.29) is 23.3 Å². The largest absolute Gasteiger partial charge is 0.452 e. The molecule has 0 aromatic heterocycles. The second kappa shape index (κ2) is 9.08. The van der Waals surface area contributed by atoms with E-state index in [2.05, 4.69) is 10.6 Å². The highest BCUT2D eigenvalue weighted by Crippen LogP contribution is 2.21.